The Morgan fingerprint density at radius 2 is 1.78 bits per heavy atom. The lowest BCUT2D eigenvalue weighted by Crippen LogP contribution is -2.36. The normalized spacial score (nSPS) is 20.3. The van der Waals surface area contributed by atoms with E-state index in [0.717, 1.165) is 5.57 Å². The highest BCUT2D eigenvalue weighted by atomic mass is 31.2. The molecule has 0 amide bonds. The number of ether oxygens (including phenoxy) is 2. The van der Waals surface area contributed by atoms with Gasteiger partial charge in [-0.05, 0) is 33.3 Å². The highest BCUT2D eigenvalue weighted by Crippen LogP contribution is 2.53. The van der Waals surface area contributed by atoms with E-state index in [1.807, 2.05) is 19.9 Å². The molecule has 18 heavy (non-hydrogen) atoms. The molecule has 0 bridgehead atoms. The Hall–Kier alpha value is -0.190. The zero-order chi connectivity index (χ0) is 13.6. The van der Waals surface area contributed by atoms with Gasteiger partial charge in [0.1, 0.15) is 6.16 Å². The first kappa shape index (κ1) is 15.9. The second-order valence-corrected chi connectivity index (χ2v) is 6.08. The average molecular weight is 278 g/mol. The summed E-state index contributed by atoms with van der Waals surface area (Å²) in [5.41, 5.74) is 0.889. The topological polar surface area (TPSA) is 54.0 Å². The zero-order valence-corrected chi connectivity index (χ0v) is 12.5. The molecular formula is C12H23O5P. The molecule has 1 rings (SSSR count). The van der Waals surface area contributed by atoms with Crippen LogP contribution in [0, 0.1) is 0 Å². The largest absolute Gasteiger partial charge is 0.343 e. The predicted octanol–water partition coefficient (Wildman–Crippen LogP) is 2.96. The van der Waals surface area contributed by atoms with E-state index in [1.54, 1.807) is 13.8 Å². The summed E-state index contributed by atoms with van der Waals surface area (Å²) in [6, 6.07) is 0. The summed E-state index contributed by atoms with van der Waals surface area (Å²) >= 11 is 0. The minimum Gasteiger partial charge on any atom is -0.343 e. The Balaban J connectivity index is 2.91. The standard InChI is InChI=1S/C12H23O5P/c1-5-11(4)12(14-8-9-15-12)10-18(13,16-6-2)17-7-3/h5H,6-10H2,1-4H3/b11-5+. The van der Waals surface area contributed by atoms with Crippen LogP contribution in [0.1, 0.15) is 27.7 Å². The van der Waals surface area contributed by atoms with E-state index in [9.17, 15) is 4.57 Å². The van der Waals surface area contributed by atoms with Gasteiger partial charge in [-0.1, -0.05) is 6.08 Å². The highest BCUT2D eigenvalue weighted by molar-refractivity contribution is 7.53. The Kier molecular flexibility index (Phi) is 6.02. The van der Waals surface area contributed by atoms with Crippen LogP contribution in [0.2, 0.25) is 0 Å². The second-order valence-electron chi connectivity index (χ2n) is 4.03. The maximum atomic E-state index is 12.6. The first-order valence-corrected chi connectivity index (χ1v) is 8.04. The van der Waals surface area contributed by atoms with E-state index in [0.29, 0.717) is 26.4 Å². The Morgan fingerprint density at radius 3 is 2.17 bits per heavy atom. The van der Waals surface area contributed by atoms with Crippen molar-refractivity contribution in [2.24, 2.45) is 0 Å². The number of rotatable bonds is 7. The molecule has 1 aliphatic rings. The van der Waals surface area contributed by atoms with E-state index in [1.165, 1.54) is 0 Å². The van der Waals surface area contributed by atoms with Gasteiger partial charge in [0.05, 0.1) is 26.4 Å². The molecule has 0 spiro atoms. The molecule has 5 nitrogen and oxygen atoms in total. The molecule has 1 aliphatic heterocycles. The van der Waals surface area contributed by atoms with Gasteiger partial charge in [-0.3, -0.25) is 4.57 Å². The molecule has 0 saturated carbocycles. The van der Waals surface area contributed by atoms with Crippen LogP contribution in [0.15, 0.2) is 11.6 Å². The minimum atomic E-state index is -3.19. The predicted molar refractivity (Wildman–Crippen MR) is 69.8 cm³/mol. The first-order chi connectivity index (χ1) is 8.52. The van der Waals surface area contributed by atoms with Gasteiger partial charge in [-0.25, -0.2) is 0 Å². The van der Waals surface area contributed by atoms with Gasteiger partial charge in [-0.15, -0.1) is 0 Å². The van der Waals surface area contributed by atoms with Crippen LogP contribution in [0.5, 0.6) is 0 Å². The first-order valence-electron chi connectivity index (χ1n) is 6.31. The van der Waals surface area contributed by atoms with Gasteiger partial charge in [0.2, 0.25) is 5.79 Å². The van der Waals surface area contributed by atoms with Crippen LogP contribution >= 0.6 is 7.60 Å². The van der Waals surface area contributed by atoms with Crippen LogP contribution in [-0.2, 0) is 23.1 Å². The lowest BCUT2D eigenvalue weighted by atomic mass is 10.1. The van der Waals surface area contributed by atoms with Gasteiger partial charge in [0, 0.05) is 0 Å². The molecule has 0 unspecified atom stereocenters. The fourth-order valence-electron chi connectivity index (χ4n) is 1.90. The van der Waals surface area contributed by atoms with Crippen LogP contribution in [0.4, 0.5) is 0 Å². The number of hydrogen-bond acceptors (Lipinski definition) is 5. The van der Waals surface area contributed by atoms with Crippen molar-refractivity contribution in [2.45, 2.75) is 33.5 Å². The molecule has 0 aromatic rings. The van der Waals surface area contributed by atoms with Crippen molar-refractivity contribution in [3.63, 3.8) is 0 Å². The van der Waals surface area contributed by atoms with Gasteiger partial charge in [0.15, 0.2) is 0 Å². The fraction of sp³-hybridized carbons (Fsp3) is 0.833. The molecule has 0 aliphatic carbocycles. The fourth-order valence-corrected chi connectivity index (χ4v) is 3.88. The molecule has 0 aromatic carbocycles. The molecule has 6 heteroatoms. The van der Waals surface area contributed by atoms with Crippen molar-refractivity contribution in [2.75, 3.05) is 32.6 Å². The molecule has 0 atom stereocenters. The van der Waals surface area contributed by atoms with Crippen LogP contribution in [0.25, 0.3) is 0 Å². The summed E-state index contributed by atoms with van der Waals surface area (Å²) in [6.45, 7) is 9.02. The third-order valence-electron chi connectivity index (χ3n) is 2.84. The zero-order valence-electron chi connectivity index (χ0n) is 11.6. The molecule has 0 N–H and O–H groups in total. The monoisotopic (exact) mass is 278 g/mol. The number of hydrogen-bond donors (Lipinski definition) is 0. The summed E-state index contributed by atoms with van der Waals surface area (Å²) in [4.78, 5) is 0. The van der Waals surface area contributed by atoms with E-state index in [-0.39, 0.29) is 6.16 Å². The van der Waals surface area contributed by atoms with Crippen molar-refractivity contribution < 1.29 is 23.1 Å². The Labute approximate surface area is 109 Å². The molecule has 0 radical (unpaired) electrons. The molecule has 0 aromatic heterocycles. The lowest BCUT2D eigenvalue weighted by Gasteiger charge is -2.31. The quantitative estimate of drug-likeness (QED) is 0.529. The second kappa shape index (κ2) is 6.83. The summed E-state index contributed by atoms with van der Waals surface area (Å²) in [5, 5.41) is 0. The molecular weight excluding hydrogens is 255 g/mol. The van der Waals surface area contributed by atoms with E-state index < -0.39 is 13.4 Å². The van der Waals surface area contributed by atoms with Crippen LogP contribution in [-0.4, -0.2) is 38.4 Å². The SMILES string of the molecule is C/C=C(\C)C1(CP(=O)(OCC)OCC)OCCO1. The van der Waals surface area contributed by atoms with E-state index >= 15 is 0 Å². The third kappa shape index (κ3) is 3.65. The average Bonchev–Trinajstić information content (AvgIpc) is 2.78. The van der Waals surface area contributed by atoms with Crippen LogP contribution < -0.4 is 0 Å². The molecule has 106 valence electrons. The molecule has 1 fully saturated rings. The molecule has 1 heterocycles. The van der Waals surface area contributed by atoms with E-state index in [2.05, 4.69) is 0 Å². The Bertz CT molecular complexity index is 323. The molecule has 1 saturated heterocycles. The van der Waals surface area contributed by atoms with E-state index in [4.69, 9.17) is 18.5 Å². The maximum Gasteiger partial charge on any atom is 0.336 e. The van der Waals surface area contributed by atoms with Gasteiger partial charge >= 0.3 is 7.60 Å². The summed E-state index contributed by atoms with van der Waals surface area (Å²) in [5.74, 6) is -0.964. The van der Waals surface area contributed by atoms with Crippen molar-refractivity contribution in [3.8, 4) is 0 Å². The minimum absolute atomic E-state index is 0.0951. The van der Waals surface area contributed by atoms with Crippen molar-refractivity contribution in [3.05, 3.63) is 11.6 Å². The number of allylic oxidation sites excluding steroid dienone is 1. The maximum absolute atomic E-state index is 12.6. The third-order valence-corrected chi connectivity index (χ3v) is 4.95. The smallest absolute Gasteiger partial charge is 0.336 e. The van der Waals surface area contributed by atoms with Gasteiger partial charge in [-0.2, -0.15) is 0 Å². The van der Waals surface area contributed by atoms with Crippen LogP contribution in [0.3, 0.4) is 0 Å². The summed E-state index contributed by atoms with van der Waals surface area (Å²) < 4.78 is 34.5. The van der Waals surface area contributed by atoms with Gasteiger partial charge < -0.3 is 18.5 Å². The Morgan fingerprint density at radius 1 is 1.28 bits per heavy atom. The van der Waals surface area contributed by atoms with Crippen molar-refractivity contribution in [1.82, 2.24) is 0 Å². The lowest BCUT2D eigenvalue weighted by molar-refractivity contribution is -0.110. The van der Waals surface area contributed by atoms with Gasteiger partial charge in [0.25, 0.3) is 0 Å². The summed E-state index contributed by atoms with van der Waals surface area (Å²) in [6.07, 6.45) is 1.99. The highest BCUT2D eigenvalue weighted by Gasteiger charge is 2.46. The van der Waals surface area contributed by atoms with Crippen molar-refractivity contribution >= 4 is 7.60 Å². The summed E-state index contributed by atoms with van der Waals surface area (Å²) in [7, 11) is -3.19. The van der Waals surface area contributed by atoms with Crippen molar-refractivity contribution in [1.29, 1.82) is 0 Å².